The van der Waals surface area contributed by atoms with E-state index in [2.05, 4.69) is 0 Å². The van der Waals surface area contributed by atoms with Crippen LogP contribution in [0.3, 0.4) is 0 Å². The highest BCUT2D eigenvalue weighted by atomic mass is 16.7. The van der Waals surface area contributed by atoms with Gasteiger partial charge in [0.15, 0.2) is 11.5 Å². The predicted molar refractivity (Wildman–Crippen MR) is 146 cm³/mol. The Balaban J connectivity index is 1.64. The van der Waals surface area contributed by atoms with E-state index in [9.17, 15) is 5.11 Å². The second kappa shape index (κ2) is 13.1. The molecule has 0 aliphatic rings. The lowest BCUT2D eigenvalue weighted by molar-refractivity contribution is -0.123. The molecule has 0 spiro atoms. The Morgan fingerprint density at radius 2 is 1.39 bits per heavy atom. The average Bonchev–Trinajstić information content (AvgIpc) is 2.97. The van der Waals surface area contributed by atoms with Gasteiger partial charge < -0.3 is 33.5 Å². The standard InChI is InChI=1S/C31H34O7/c1-21(38-20-36-18-22-11-7-5-8-12-22)29(32)26-16-24-15-25(33-2)17-27(34-3)28(24)31(30(26)35-4)37-19-23-13-9-6-10-14-23/h5-17,21,29,32H,18-20H2,1-4H3/t21-,29?/m0/s1. The summed E-state index contributed by atoms with van der Waals surface area (Å²) in [6, 6.07) is 25.2. The highest BCUT2D eigenvalue weighted by Crippen LogP contribution is 2.47. The summed E-state index contributed by atoms with van der Waals surface area (Å²) in [5, 5.41) is 12.9. The predicted octanol–water partition coefficient (Wildman–Crippen LogP) is 6.06. The average molecular weight is 519 g/mol. The molecule has 0 radical (unpaired) electrons. The molecule has 7 heteroatoms. The topological polar surface area (TPSA) is 75.6 Å². The third-order valence-electron chi connectivity index (χ3n) is 6.29. The van der Waals surface area contributed by atoms with Gasteiger partial charge in [-0.3, -0.25) is 0 Å². The number of benzene rings is 4. The highest BCUT2D eigenvalue weighted by molar-refractivity contribution is 5.98. The van der Waals surface area contributed by atoms with E-state index >= 15 is 0 Å². The first-order chi connectivity index (χ1) is 18.5. The molecule has 4 aromatic carbocycles. The van der Waals surface area contributed by atoms with Gasteiger partial charge in [-0.15, -0.1) is 0 Å². The number of hydrogen-bond acceptors (Lipinski definition) is 7. The van der Waals surface area contributed by atoms with Crippen LogP contribution in [0.4, 0.5) is 0 Å². The second-order valence-corrected chi connectivity index (χ2v) is 8.80. The van der Waals surface area contributed by atoms with E-state index in [0.717, 1.165) is 21.9 Å². The van der Waals surface area contributed by atoms with Crippen molar-refractivity contribution in [3.8, 4) is 23.0 Å². The fourth-order valence-corrected chi connectivity index (χ4v) is 4.25. The van der Waals surface area contributed by atoms with Crippen molar-refractivity contribution in [1.29, 1.82) is 0 Å². The van der Waals surface area contributed by atoms with Crippen molar-refractivity contribution >= 4 is 10.8 Å². The Labute approximate surface area is 223 Å². The molecule has 4 rings (SSSR count). The van der Waals surface area contributed by atoms with Gasteiger partial charge >= 0.3 is 0 Å². The lowest BCUT2D eigenvalue weighted by atomic mass is 9.97. The minimum absolute atomic E-state index is 0.0298. The summed E-state index contributed by atoms with van der Waals surface area (Å²) in [6.45, 7) is 2.54. The van der Waals surface area contributed by atoms with Gasteiger partial charge in [0.2, 0.25) is 0 Å². The summed E-state index contributed by atoms with van der Waals surface area (Å²) in [6.07, 6.45) is -1.61. The van der Waals surface area contributed by atoms with Crippen molar-refractivity contribution in [3.05, 3.63) is 95.6 Å². The maximum atomic E-state index is 11.4. The van der Waals surface area contributed by atoms with Crippen molar-refractivity contribution in [2.24, 2.45) is 0 Å². The van der Waals surface area contributed by atoms with Gasteiger partial charge in [-0.25, -0.2) is 0 Å². The zero-order chi connectivity index (χ0) is 26.9. The number of hydrogen-bond donors (Lipinski definition) is 1. The Kier molecular flexibility index (Phi) is 9.43. The number of ether oxygens (including phenoxy) is 6. The summed E-state index contributed by atoms with van der Waals surface area (Å²) in [7, 11) is 4.74. The SMILES string of the molecule is COc1cc(OC)c2c(OCc3ccccc3)c(OC)c(C(O)[C@H](C)OCOCc3ccccc3)cc2c1. The van der Waals surface area contributed by atoms with Crippen LogP contribution < -0.4 is 18.9 Å². The van der Waals surface area contributed by atoms with Crippen molar-refractivity contribution in [3.63, 3.8) is 0 Å². The van der Waals surface area contributed by atoms with E-state index < -0.39 is 12.2 Å². The highest BCUT2D eigenvalue weighted by Gasteiger charge is 2.27. The number of rotatable bonds is 13. The molecule has 0 aliphatic heterocycles. The van der Waals surface area contributed by atoms with E-state index in [1.54, 1.807) is 34.3 Å². The summed E-state index contributed by atoms with van der Waals surface area (Å²) in [5.74, 6) is 2.06. The fourth-order valence-electron chi connectivity index (χ4n) is 4.25. The Morgan fingerprint density at radius 3 is 2.00 bits per heavy atom. The summed E-state index contributed by atoms with van der Waals surface area (Å²) in [4.78, 5) is 0. The zero-order valence-electron chi connectivity index (χ0n) is 22.2. The third kappa shape index (κ3) is 6.37. The van der Waals surface area contributed by atoms with Crippen LogP contribution >= 0.6 is 0 Å². The van der Waals surface area contributed by atoms with Crippen LogP contribution in [0.1, 0.15) is 29.7 Å². The minimum atomic E-state index is -1.02. The first-order valence-corrected chi connectivity index (χ1v) is 12.4. The van der Waals surface area contributed by atoms with E-state index in [4.69, 9.17) is 28.4 Å². The van der Waals surface area contributed by atoms with Gasteiger partial charge in [0.25, 0.3) is 0 Å². The van der Waals surface area contributed by atoms with Gasteiger partial charge in [-0.05, 0) is 35.6 Å². The molecule has 38 heavy (non-hydrogen) atoms. The summed E-state index contributed by atoms with van der Waals surface area (Å²) in [5.41, 5.74) is 2.56. The van der Waals surface area contributed by atoms with Crippen LogP contribution in [0.15, 0.2) is 78.9 Å². The molecule has 0 aromatic heterocycles. The third-order valence-corrected chi connectivity index (χ3v) is 6.29. The Bertz CT molecular complexity index is 1310. The van der Waals surface area contributed by atoms with Gasteiger partial charge in [0, 0.05) is 11.6 Å². The van der Waals surface area contributed by atoms with Gasteiger partial charge in [0.05, 0.1) is 39.4 Å². The molecule has 0 heterocycles. The Morgan fingerprint density at radius 1 is 0.737 bits per heavy atom. The lowest BCUT2D eigenvalue weighted by Crippen LogP contribution is -2.21. The van der Waals surface area contributed by atoms with Crippen LogP contribution in [0.2, 0.25) is 0 Å². The molecule has 1 unspecified atom stereocenters. The first-order valence-electron chi connectivity index (χ1n) is 12.4. The minimum Gasteiger partial charge on any atom is -0.497 e. The molecule has 0 bridgehead atoms. The van der Waals surface area contributed by atoms with Crippen molar-refractivity contribution in [2.45, 2.75) is 32.3 Å². The molecule has 0 aliphatic carbocycles. The number of fused-ring (bicyclic) bond motifs is 1. The molecule has 0 saturated carbocycles. The number of aliphatic hydroxyl groups is 1. The number of methoxy groups -OCH3 is 3. The largest absolute Gasteiger partial charge is 0.497 e. The molecule has 7 nitrogen and oxygen atoms in total. The molecule has 0 fully saturated rings. The van der Waals surface area contributed by atoms with E-state index in [-0.39, 0.29) is 6.79 Å². The quantitative estimate of drug-likeness (QED) is 0.170. The first kappa shape index (κ1) is 27.3. The molecular formula is C31H34O7. The number of aliphatic hydroxyl groups excluding tert-OH is 1. The van der Waals surface area contributed by atoms with Crippen LogP contribution in [0, 0.1) is 0 Å². The van der Waals surface area contributed by atoms with Gasteiger partial charge in [-0.1, -0.05) is 60.7 Å². The molecule has 4 aromatic rings. The second-order valence-electron chi connectivity index (χ2n) is 8.80. The smallest absolute Gasteiger partial charge is 0.173 e. The fraction of sp³-hybridized carbons (Fsp3) is 0.290. The zero-order valence-corrected chi connectivity index (χ0v) is 22.2. The van der Waals surface area contributed by atoms with Gasteiger partial charge in [0.1, 0.15) is 31.0 Å². The van der Waals surface area contributed by atoms with Crippen LogP contribution in [-0.4, -0.2) is 39.3 Å². The molecule has 1 N–H and O–H groups in total. The summed E-state index contributed by atoms with van der Waals surface area (Å²) < 4.78 is 34.8. The van der Waals surface area contributed by atoms with Crippen molar-refractivity contribution in [2.75, 3.05) is 28.1 Å². The van der Waals surface area contributed by atoms with Crippen LogP contribution in [-0.2, 0) is 22.7 Å². The molecule has 2 atom stereocenters. The lowest BCUT2D eigenvalue weighted by Gasteiger charge is -2.25. The molecule has 0 saturated heterocycles. The monoisotopic (exact) mass is 518 g/mol. The van der Waals surface area contributed by atoms with E-state index in [0.29, 0.717) is 41.8 Å². The Hall–Kier alpha value is -3.78. The van der Waals surface area contributed by atoms with Crippen LogP contribution in [0.25, 0.3) is 10.8 Å². The summed E-state index contributed by atoms with van der Waals surface area (Å²) >= 11 is 0. The molecular weight excluding hydrogens is 484 g/mol. The molecule has 0 amide bonds. The maximum Gasteiger partial charge on any atom is 0.173 e. The normalized spacial score (nSPS) is 12.7. The van der Waals surface area contributed by atoms with Crippen molar-refractivity contribution < 1.29 is 33.5 Å². The van der Waals surface area contributed by atoms with E-state index in [1.807, 2.05) is 72.8 Å². The van der Waals surface area contributed by atoms with Gasteiger partial charge in [-0.2, -0.15) is 0 Å². The van der Waals surface area contributed by atoms with E-state index in [1.165, 1.54) is 0 Å². The maximum absolute atomic E-state index is 11.4. The molecule has 200 valence electrons. The van der Waals surface area contributed by atoms with Crippen molar-refractivity contribution in [1.82, 2.24) is 0 Å². The van der Waals surface area contributed by atoms with Crippen LogP contribution in [0.5, 0.6) is 23.0 Å².